The van der Waals surface area contributed by atoms with E-state index in [0.717, 1.165) is 12.1 Å². The largest absolute Gasteiger partial charge is 0.489 e. The van der Waals surface area contributed by atoms with E-state index in [-0.39, 0.29) is 5.60 Å². The molecule has 3 nitrogen and oxygen atoms in total. The first-order valence-corrected chi connectivity index (χ1v) is 3.91. The third-order valence-corrected chi connectivity index (χ3v) is 2.04. The molecule has 12 heavy (non-hydrogen) atoms. The SMILES string of the molecule is CC1(c2cnccn2)CC=CO1. The van der Waals surface area contributed by atoms with Gasteiger partial charge in [-0.2, -0.15) is 0 Å². The summed E-state index contributed by atoms with van der Waals surface area (Å²) in [6.07, 6.45) is 9.67. The van der Waals surface area contributed by atoms with E-state index in [2.05, 4.69) is 9.97 Å². The maximum absolute atomic E-state index is 5.44. The minimum Gasteiger partial charge on any atom is -0.489 e. The molecule has 0 saturated carbocycles. The van der Waals surface area contributed by atoms with Gasteiger partial charge in [0.05, 0.1) is 12.5 Å². The predicted molar refractivity (Wildman–Crippen MR) is 44.2 cm³/mol. The first-order chi connectivity index (χ1) is 5.81. The van der Waals surface area contributed by atoms with E-state index in [1.165, 1.54) is 0 Å². The fraction of sp³-hybridized carbons (Fsp3) is 0.333. The van der Waals surface area contributed by atoms with Crippen LogP contribution < -0.4 is 0 Å². The summed E-state index contributed by atoms with van der Waals surface area (Å²) in [6, 6.07) is 0. The molecule has 1 aliphatic heterocycles. The summed E-state index contributed by atoms with van der Waals surface area (Å²) in [5, 5.41) is 0. The fourth-order valence-electron chi connectivity index (χ4n) is 1.26. The quantitative estimate of drug-likeness (QED) is 0.629. The highest BCUT2D eigenvalue weighted by atomic mass is 16.5. The van der Waals surface area contributed by atoms with Crippen LogP contribution in [0.2, 0.25) is 0 Å². The number of aromatic nitrogens is 2. The molecule has 0 spiro atoms. The predicted octanol–water partition coefficient (Wildman–Crippen LogP) is 1.63. The first-order valence-electron chi connectivity index (χ1n) is 3.91. The molecule has 0 N–H and O–H groups in total. The lowest BCUT2D eigenvalue weighted by Crippen LogP contribution is -2.21. The van der Waals surface area contributed by atoms with Crippen molar-refractivity contribution < 1.29 is 4.74 Å². The molecule has 3 heteroatoms. The van der Waals surface area contributed by atoms with Gasteiger partial charge in [-0.25, -0.2) is 0 Å². The van der Waals surface area contributed by atoms with Gasteiger partial charge in [0.15, 0.2) is 5.60 Å². The van der Waals surface area contributed by atoms with Crippen molar-refractivity contribution in [2.45, 2.75) is 18.9 Å². The van der Waals surface area contributed by atoms with Gasteiger partial charge in [-0.3, -0.25) is 9.97 Å². The molecule has 0 radical (unpaired) electrons. The maximum Gasteiger partial charge on any atom is 0.152 e. The van der Waals surface area contributed by atoms with E-state index in [9.17, 15) is 0 Å². The molecule has 1 atom stereocenters. The standard InChI is InChI=1S/C9H10N2O/c1-9(3-2-6-12-9)8-7-10-4-5-11-8/h2,4-7H,3H2,1H3. The molecule has 0 bridgehead atoms. The zero-order chi connectivity index (χ0) is 8.44. The van der Waals surface area contributed by atoms with Crippen LogP contribution in [0.3, 0.4) is 0 Å². The molecule has 62 valence electrons. The van der Waals surface area contributed by atoms with Gasteiger partial charge in [-0.05, 0) is 13.0 Å². The van der Waals surface area contributed by atoms with Gasteiger partial charge in [0, 0.05) is 18.8 Å². The Kier molecular flexibility index (Phi) is 1.57. The van der Waals surface area contributed by atoms with Gasteiger partial charge in [0.25, 0.3) is 0 Å². The van der Waals surface area contributed by atoms with E-state index in [4.69, 9.17) is 4.74 Å². The Hall–Kier alpha value is -1.38. The Morgan fingerprint density at radius 1 is 1.50 bits per heavy atom. The second-order valence-electron chi connectivity index (χ2n) is 3.02. The average molecular weight is 162 g/mol. The van der Waals surface area contributed by atoms with Crippen molar-refractivity contribution in [2.24, 2.45) is 0 Å². The van der Waals surface area contributed by atoms with Gasteiger partial charge in [-0.1, -0.05) is 0 Å². The smallest absolute Gasteiger partial charge is 0.152 e. The monoisotopic (exact) mass is 162 g/mol. The maximum atomic E-state index is 5.44. The van der Waals surface area contributed by atoms with Crippen molar-refractivity contribution >= 4 is 0 Å². The third-order valence-electron chi connectivity index (χ3n) is 2.04. The Morgan fingerprint density at radius 3 is 3.00 bits per heavy atom. The third kappa shape index (κ3) is 1.07. The summed E-state index contributed by atoms with van der Waals surface area (Å²) in [7, 11) is 0. The highest BCUT2D eigenvalue weighted by Gasteiger charge is 2.30. The van der Waals surface area contributed by atoms with Crippen LogP contribution in [0.5, 0.6) is 0 Å². The normalized spacial score (nSPS) is 27.1. The van der Waals surface area contributed by atoms with Gasteiger partial charge >= 0.3 is 0 Å². The summed E-state index contributed by atoms with van der Waals surface area (Å²) >= 11 is 0. The molecule has 2 rings (SSSR count). The minimum atomic E-state index is -0.297. The Balaban J connectivity index is 2.31. The highest BCUT2D eigenvalue weighted by Crippen LogP contribution is 2.31. The molecule has 0 amide bonds. The molecule has 1 aromatic rings. The van der Waals surface area contributed by atoms with E-state index >= 15 is 0 Å². The van der Waals surface area contributed by atoms with Crippen LogP contribution in [0.25, 0.3) is 0 Å². The molecular weight excluding hydrogens is 152 g/mol. The van der Waals surface area contributed by atoms with Crippen LogP contribution in [0.1, 0.15) is 19.0 Å². The van der Waals surface area contributed by atoms with E-state index < -0.39 is 0 Å². The highest BCUT2D eigenvalue weighted by molar-refractivity contribution is 5.12. The van der Waals surface area contributed by atoms with Crippen LogP contribution in [0.4, 0.5) is 0 Å². The number of nitrogens with zero attached hydrogens (tertiary/aromatic N) is 2. The summed E-state index contributed by atoms with van der Waals surface area (Å²) in [5.41, 5.74) is 0.587. The number of hydrogen-bond acceptors (Lipinski definition) is 3. The lowest BCUT2D eigenvalue weighted by molar-refractivity contribution is 0.0562. The fourth-order valence-corrected chi connectivity index (χ4v) is 1.26. The zero-order valence-electron chi connectivity index (χ0n) is 6.90. The van der Waals surface area contributed by atoms with Crippen LogP contribution in [-0.4, -0.2) is 9.97 Å². The van der Waals surface area contributed by atoms with Crippen LogP contribution in [0.15, 0.2) is 30.9 Å². The Bertz CT molecular complexity index is 287. The van der Waals surface area contributed by atoms with E-state index in [1.807, 2.05) is 13.0 Å². The summed E-state index contributed by atoms with van der Waals surface area (Å²) in [4.78, 5) is 8.21. The Labute approximate surface area is 71.1 Å². The van der Waals surface area contributed by atoms with E-state index in [0.29, 0.717) is 0 Å². The van der Waals surface area contributed by atoms with Gasteiger partial charge in [-0.15, -0.1) is 0 Å². The number of ether oxygens (including phenoxy) is 1. The lowest BCUT2D eigenvalue weighted by Gasteiger charge is -2.21. The molecule has 0 saturated heterocycles. The van der Waals surface area contributed by atoms with Crippen LogP contribution in [0, 0.1) is 0 Å². The van der Waals surface area contributed by atoms with Crippen molar-refractivity contribution in [1.82, 2.24) is 9.97 Å². The van der Waals surface area contributed by atoms with Crippen molar-refractivity contribution in [1.29, 1.82) is 0 Å². The molecule has 1 aromatic heterocycles. The second-order valence-corrected chi connectivity index (χ2v) is 3.02. The number of rotatable bonds is 1. The van der Waals surface area contributed by atoms with Crippen molar-refractivity contribution in [2.75, 3.05) is 0 Å². The molecule has 2 heterocycles. The molecule has 1 aliphatic rings. The van der Waals surface area contributed by atoms with Gasteiger partial charge in [0.1, 0.15) is 5.69 Å². The Morgan fingerprint density at radius 2 is 2.42 bits per heavy atom. The molecular formula is C9H10N2O. The lowest BCUT2D eigenvalue weighted by atomic mass is 10.00. The van der Waals surface area contributed by atoms with Crippen LogP contribution in [-0.2, 0) is 10.3 Å². The summed E-state index contributed by atoms with van der Waals surface area (Å²) in [6.45, 7) is 2.01. The average Bonchev–Trinajstić information content (AvgIpc) is 2.55. The van der Waals surface area contributed by atoms with Crippen molar-refractivity contribution in [3.05, 3.63) is 36.6 Å². The molecule has 0 fully saturated rings. The summed E-state index contributed by atoms with van der Waals surface area (Å²) in [5.74, 6) is 0. The number of hydrogen-bond donors (Lipinski definition) is 0. The van der Waals surface area contributed by atoms with Crippen LogP contribution >= 0.6 is 0 Å². The topological polar surface area (TPSA) is 35.0 Å². The van der Waals surface area contributed by atoms with Crippen molar-refractivity contribution in [3.63, 3.8) is 0 Å². The molecule has 1 unspecified atom stereocenters. The summed E-state index contributed by atoms with van der Waals surface area (Å²) < 4.78 is 5.44. The molecule has 0 aromatic carbocycles. The first kappa shape index (κ1) is 7.28. The zero-order valence-corrected chi connectivity index (χ0v) is 6.90. The van der Waals surface area contributed by atoms with E-state index in [1.54, 1.807) is 24.9 Å². The van der Waals surface area contributed by atoms with Gasteiger partial charge in [0.2, 0.25) is 0 Å². The van der Waals surface area contributed by atoms with Gasteiger partial charge < -0.3 is 4.74 Å². The minimum absolute atomic E-state index is 0.297. The van der Waals surface area contributed by atoms with Crippen molar-refractivity contribution in [3.8, 4) is 0 Å². The second kappa shape index (κ2) is 2.59. The molecule has 0 aliphatic carbocycles.